The Kier molecular flexibility index (Phi) is 4.35. The van der Waals surface area contributed by atoms with Crippen LogP contribution in [0.15, 0.2) is 30.7 Å². The monoisotopic (exact) mass is 295 g/mol. The molecule has 0 fully saturated rings. The predicted molar refractivity (Wildman–Crippen MR) is 71.0 cm³/mol. The van der Waals surface area contributed by atoms with E-state index < -0.39 is 10.1 Å². The molecule has 0 saturated carbocycles. The minimum absolute atomic E-state index is 0.123. The van der Waals surface area contributed by atoms with Crippen molar-refractivity contribution in [2.24, 2.45) is 0 Å². The Bertz CT molecular complexity index is 689. The number of nitrogens with zero attached hydrogens (tertiary/aromatic N) is 4. The van der Waals surface area contributed by atoms with Gasteiger partial charge in [-0.2, -0.15) is 8.42 Å². The van der Waals surface area contributed by atoms with Crippen molar-refractivity contribution in [3.8, 4) is 11.4 Å². The van der Waals surface area contributed by atoms with Crippen LogP contribution < -0.4 is 4.68 Å². The number of rotatable bonds is 5. The lowest BCUT2D eigenvalue weighted by atomic mass is 10.2. The lowest BCUT2D eigenvalue weighted by molar-refractivity contribution is -0.750. The van der Waals surface area contributed by atoms with E-state index in [4.69, 9.17) is 0 Å². The molecule has 0 aliphatic heterocycles. The van der Waals surface area contributed by atoms with E-state index in [-0.39, 0.29) is 12.3 Å². The fourth-order valence-electron chi connectivity index (χ4n) is 1.65. The highest BCUT2D eigenvalue weighted by atomic mass is 32.2. The van der Waals surface area contributed by atoms with E-state index in [2.05, 4.69) is 19.2 Å². The molecule has 2 heterocycles. The quantitative estimate of drug-likeness (QED) is 0.575. The van der Waals surface area contributed by atoms with Gasteiger partial charge >= 0.3 is 0 Å². The fraction of sp³-hybridized carbons (Fsp3) is 0.333. The summed E-state index contributed by atoms with van der Waals surface area (Å²) in [4.78, 5) is 8.32. The maximum atomic E-state index is 11.3. The molecule has 20 heavy (non-hydrogen) atoms. The Labute approximate surface area is 117 Å². The third-order valence-electron chi connectivity index (χ3n) is 2.71. The molecule has 0 N–H and O–H groups in total. The molecule has 0 amide bonds. The van der Waals surface area contributed by atoms with Gasteiger partial charge in [-0.25, -0.2) is 9.97 Å². The molecule has 0 saturated heterocycles. The summed E-state index contributed by atoms with van der Waals surface area (Å²) in [6, 6.07) is 3.56. The van der Waals surface area contributed by atoms with E-state index in [1.807, 2.05) is 13.0 Å². The Morgan fingerprint density at radius 1 is 1.30 bits per heavy atom. The van der Waals surface area contributed by atoms with Gasteiger partial charge in [-0.1, -0.05) is 4.68 Å². The first-order valence-corrected chi connectivity index (χ1v) is 7.52. The number of aryl methyl sites for hydroxylation is 2. The lowest BCUT2D eigenvalue weighted by Crippen LogP contribution is -2.41. The number of hydrogen-bond donors (Lipinski definition) is 0. The minimum atomic E-state index is -3.48. The van der Waals surface area contributed by atoms with Crippen LogP contribution in [0.1, 0.15) is 5.69 Å². The van der Waals surface area contributed by atoms with Crippen molar-refractivity contribution in [2.45, 2.75) is 13.5 Å². The van der Waals surface area contributed by atoms with Crippen LogP contribution in [-0.4, -0.2) is 36.3 Å². The molecule has 0 unspecified atom stereocenters. The molecule has 2 aromatic rings. The van der Waals surface area contributed by atoms with Crippen LogP contribution in [0.5, 0.6) is 0 Å². The molecule has 0 aliphatic carbocycles. The summed E-state index contributed by atoms with van der Waals surface area (Å²) >= 11 is 0. The van der Waals surface area contributed by atoms with Crippen LogP contribution in [0.4, 0.5) is 0 Å². The summed E-state index contributed by atoms with van der Waals surface area (Å²) in [5.74, 6) is 0.469. The molecular formula is C12H15N4O3S+. The minimum Gasteiger partial charge on any atom is -0.273 e. The summed E-state index contributed by atoms with van der Waals surface area (Å²) in [7, 11) is -2.33. The molecule has 0 bridgehead atoms. The lowest BCUT2D eigenvalue weighted by Gasteiger charge is -2.02. The SMILES string of the molecule is COS(=O)(=O)CC[n+]1ccc(-c2ncccn2)c(C)n1. The first-order valence-electron chi connectivity index (χ1n) is 5.95. The molecule has 0 spiro atoms. The maximum absolute atomic E-state index is 11.3. The van der Waals surface area contributed by atoms with Crippen LogP contribution in [-0.2, 0) is 20.8 Å². The first-order chi connectivity index (χ1) is 9.52. The van der Waals surface area contributed by atoms with E-state index >= 15 is 0 Å². The molecule has 0 aromatic carbocycles. The van der Waals surface area contributed by atoms with Gasteiger partial charge in [0.05, 0.1) is 12.7 Å². The summed E-state index contributed by atoms with van der Waals surface area (Å²) in [5.41, 5.74) is 1.55. The normalized spacial score (nSPS) is 11.5. The molecule has 8 heteroatoms. The zero-order valence-corrected chi connectivity index (χ0v) is 12.0. The van der Waals surface area contributed by atoms with Gasteiger partial charge in [0, 0.05) is 18.5 Å². The summed E-state index contributed by atoms with van der Waals surface area (Å²) < 4.78 is 28.5. The van der Waals surface area contributed by atoms with Gasteiger partial charge in [0.1, 0.15) is 11.4 Å². The Morgan fingerprint density at radius 2 is 2.00 bits per heavy atom. The van der Waals surface area contributed by atoms with Gasteiger partial charge in [-0.05, 0) is 18.1 Å². The van der Waals surface area contributed by atoms with Crippen molar-refractivity contribution in [3.05, 3.63) is 36.4 Å². The van der Waals surface area contributed by atoms with E-state index in [1.54, 1.807) is 29.3 Å². The van der Waals surface area contributed by atoms with Crippen LogP contribution in [0.3, 0.4) is 0 Å². The highest BCUT2D eigenvalue weighted by Crippen LogP contribution is 2.14. The Balaban J connectivity index is 2.19. The average Bonchev–Trinajstić information content (AvgIpc) is 2.46. The first kappa shape index (κ1) is 14.5. The Hall–Kier alpha value is -1.93. The average molecular weight is 295 g/mol. The number of hydrogen-bond acceptors (Lipinski definition) is 6. The van der Waals surface area contributed by atoms with Crippen molar-refractivity contribution in [3.63, 3.8) is 0 Å². The molecule has 0 aliphatic rings. The Morgan fingerprint density at radius 3 is 2.60 bits per heavy atom. The molecule has 0 radical (unpaired) electrons. The van der Waals surface area contributed by atoms with Crippen LogP contribution in [0, 0.1) is 6.92 Å². The topological polar surface area (TPSA) is 85.9 Å². The van der Waals surface area contributed by atoms with Crippen LogP contribution >= 0.6 is 0 Å². The standard InChI is InChI=1S/C12H15N4O3S/c1-10-11(12-13-5-3-6-14-12)4-7-16(15-10)8-9-20(17,18)19-2/h3-7H,8-9H2,1-2H3/q+1. The van der Waals surface area contributed by atoms with Gasteiger partial charge in [0.15, 0.2) is 18.6 Å². The molecule has 106 valence electrons. The zero-order chi connectivity index (χ0) is 14.6. The largest absolute Gasteiger partial charge is 0.273 e. The third-order valence-corrected chi connectivity index (χ3v) is 3.90. The smallest absolute Gasteiger partial charge is 0.273 e. The highest BCUT2D eigenvalue weighted by molar-refractivity contribution is 7.86. The molecule has 2 aromatic heterocycles. The van der Waals surface area contributed by atoms with Gasteiger partial charge in [-0.15, -0.1) is 0 Å². The summed E-state index contributed by atoms with van der Waals surface area (Å²) in [5, 5.41) is 4.30. The molecule has 7 nitrogen and oxygen atoms in total. The van der Waals surface area contributed by atoms with Crippen molar-refractivity contribution in [2.75, 3.05) is 12.9 Å². The third kappa shape index (κ3) is 3.55. The van der Waals surface area contributed by atoms with Crippen LogP contribution in [0.25, 0.3) is 11.4 Å². The van der Waals surface area contributed by atoms with Crippen molar-refractivity contribution >= 4 is 10.1 Å². The van der Waals surface area contributed by atoms with E-state index in [9.17, 15) is 8.42 Å². The second-order valence-corrected chi connectivity index (χ2v) is 5.94. The molecule has 0 atom stereocenters. The van der Waals surface area contributed by atoms with Crippen LogP contribution in [0.2, 0.25) is 0 Å². The number of aromatic nitrogens is 4. The van der Waals surface area contributed by atoms with Gasteiger partial charge in [-0.3, -0.25) is 4.18 Å². The van der Waals surface area contributed by atoms with E-state index in [0.717, 1.165) is 18.4 Å². The fourth-order valence-corrected chi connectivity index (χ4v) is 2.23. The summed E-state index contributed by atoms with van der Waals surface area (Å²) in [6.07, 6.45) is 5.02. The maximum Gasteiger partial charge on any atom is 0.273 e. The van der Waals surface area contributed by atoms with E-state index in [1.165, 1.54) is 0 Å². The van der Waals surface area contributed by atoms with E-state index in [0.29, 0.717) is 5.82 Å². The van der Waals surface area contributed by atoms with Gasteiger partial charge in [0.25, 0.3) is 10.1 Å². The second-order valence-electron chi connectivity index (χ2n) is 4.08. The van der Waals surface area contributed by atoms with Gasteiger partial charge < -0.3 is 0 Å². The summed E-state index contributed by atoms with van der Waals surface area (Å²) in [6.45, 7) is 2.06. The van der Waals surface area contributed by atoms with Gasteiger partial charge in [0.2, 0.25) is 0 Å². The predicted octanol–water partition coefficient (Wildman–Crippen LogP) is 0.111. The second kappa shape index (κ2) is 6.02. The zero-order valence-electron chi connectivity index (χ0n) is 11.2. The van der Waals surface area contributed by atoms with Crippen molar-refractivity contribution in [1.82, 2.24) is 15.1 Å². The highest BCUT2D eigenvalue weighted by Gasteiger charge is 2.16. The molecular weight excluding hydrogens is 280 g/mol. The van der Waals surface area contributed by atoms with Crippen molar-refractivity contribution < 1.29 is 17.3 Å². The van der Waals surface area contributed by atoms with Crippen molar-refractivity contribution in [1.29, 1.82) is 0 Å². The molecule has 2 rings (SSSR count).